The van der Waals surface area contributed by atoms with Crippen LogP contribution < -0.4 is 15.0 Å². The Bertz CT molecular complexity index is 1620. The highest BCUT2D eigenvalue weighted by Gasteiger charge is 2.42. The molecule has 1 fully saturated rings. The number of nitro groups is 1. The van der Waals surface area contributed by atoms with E-state index in [1.165, 1.54) is 12.1 Å². The molecule has 1 N–H and O–H groups in total. The maximum atomic E-state index is 11.3. The predicted molar refractivity (Wildman–Crippen MR) is 152 cm³/mol. The Morgan fingerprint density at radius 2 is 1.67 bits per heavy atom. The van der Waals surface area contributed by atoms with E-state index in [4.69, 9.17) is 21.4 Å². The SMILES string of the molecule is O=[N+]([O-])c1cccc(-c2ccc([C@H]3[C@@H](c4ccccn4)NC(=S)N3c3ccc(Oc4ccccc4)cc3)o2)c1. The van der Waals surface area contributed by atoms with E-state index in [1.807, 2.05) is 89.8 Å². The highest BCUT2D eigenvalue weighted by atomic mass is 32.1. The summed E-state index contributed by atoms with van der Waals surface area (Å²) in [6.07, 6.45) is 1.74. The summed E-state index contributed by atoms with van der Waals surface area (Å²) in [5.41, 5.74) is 2.28. The zero-order valence-corrected chi connectivity index (χ0v) is 21.3. The second-order valence-electron chi connectivity index (χ2n) is 8.92. The van der Waals surface area contributed by atoms with Crippen molar-refractivity contribution >= 4 is 28.7 Å². The number of nitrogens with one attached hydrogen (secondary N) is 1. The summed E-state index contributed by atoms with van der Waals surface area (Å²) in [6, 6.07) is 32.4. The molecule has 1 aliphatic rings. The number of para-hydroxylation sites is 1. The van der Waals surface area contributed by atoms with Crippen LogP contribution in [0.3, 0.4) is 0 Å². The van der Waals surface area contributed by atoms with Gasteiger partial charge in [0.15, 0.2) is 5.11 Å². The van der Waals surface area contributed by atoms with Crippen LogP contribution in [0.1, 0.15) is 23.5 Å². The number of anilines is 1. The van der Waals surface area contributed by atoms with Crippen molar-refractivity contribution in [1.82, 2.24) is 10.3 Å². The number of thiocarbonyl (C=S) groups is 1. The summed E-state index contributed by atoms with van der Waals surface area (Å²) < 4.78 is 12.3. The zero-order valence-electron chi connectivity index (χ0n) is 20.5. The van der Waals surface area contributed by atoms with Crippen molar-refractivity contribution in [3.05, 3.63) is 137 Å². The predicted octanol–water partition coefficient (Wildman–Crippen LogP) is 7.22. The number of hydrogen-bond acceptors (Lipinski definition) is 6. The van der Waals surface area contributed by atoms with Gasteiger partial charge in [-0.3, -0.25) is 15.1 Å². The van der Waals surface area contributed by atoms with Gasteiger partial charge in [-0.15, -0.1) is 0 Å². The van der Waals surface area contributed by atoms with E-state index in [0.717, 1.165) is 17.1 Å². The lowest BCUT2D eigenvalue weighted by molar-refractivity contribution is -0.384. The number of ether oxygens (including phenoxy) is 1. The summed E-state index contributed by atoms with van der Waals surface area (Å²) >= 11 is 5.80. The summed E-state index contributed by atoms with van der Waals surface area (Å²) in [4.78, 5) is 17.4. The Balaban J connectivity index is 1.36. The number of aromatic nitrogens is 1. The van der Waals surface area contributed by atoms with Gasteiger partial charge in [0, 0.05) is 29.6 Å². The van der Waals surface area contributed by atoms with Crippen LogP contribution in [0.25, 0.3) is 11.3 Å². The van der Waals surface area contributed by atoms with Gasteiger partial charge in [0.1, 0.15) is 29.1 Å². The first-order valence-corrected chi connectivity index (χ1v) is 12.7. The van der Waals surface area contributed by atoms with Gasteiger partial charge in [0.25, 0.3) is 5.69 Å². The molecule has 9 heteroatoms. The van der Waals surface area contributed by atoms with Crippen LogP contribution in [-0.2, 0) is 0 Å². The summed E-state index contributed by atoms with van der Waals surface area (Å²) in [5, 5.41) is 15.2. The molecule has 5 aromatic rings. The molecule has 3 aromatic carbocycles. The third-order valence-electron chi connectivity index (χ3n) is 6.45. The lowest BCUT2D eigenvalue weighted by atomic mass is 10.0. The van der Waals surface area contributed by atoms with Crippen LogP contribution in [0, 0.1) is 10.1 Å². The molecule has 0 aliphatic carbocycles. The summed E-state index contributed by atoms with van der Waals surface area (Å²) in [7, 11) is 0. The molecule has 0 unspecified atom stereocenters. The first-order chi connectivity index (χ1) is 19.1. The zero-order chi connectivity index (χ0) is 26.8. The number of nitrogens with zero attached hydrogens (tertiary/aromatic N) is 3. The number of hydrogen-bond donors (Lipinski definition) is 1. The van der Waals surface area contributed by atoms with Crippen LogP contribution in [0.5, 0.6) is 11.5 Å². The van der Waals surface area contributed by atoms with Gasteiger partial charge in [-0.05, 0) is 72.9 Å². The van der Waals surface area contributed by atoms with E-state index in [2.05, 4.69) is 10.3 Å². The molecule has 0 bridgehead atoms. The van der Waals surface area contributed by atoms with Gasteiger partial charge in [0.2, 0.25) is 0 Å². The topological polar surface area (TPSA) is 93.7 Å². The van der Waals surface area contributed by atoms with Crippen LogP contribution in [0.15, 0.2) is 120 Å². The van der Waals surface area contributed by atoms with Crippen molar-refractivity contribution in [2.24, 2.45) is 0 Å². The van der Waals surface area contributed by atoms with Gasteiger partial charge < -0.3 is 19.4 Å². The number of rotatable bonds is 7. The number of pyridine rings is 1. The highest BCUT2D eigenvalue weighted by Crippen LogP contribution is 2.43. The molecule has 6 rings (SSSR count). The van der Waals surface area contributed by atoms with Crippen molar-refractivity contribution in [1.29, 1.82) is 0 Å². The van der Waals surface area contributed by atoms with Crippen LogP contribution in [-0.4, -0.2) is 15.0 Å². The van der Waals surface area contributed by atoms with Crippen LogP contribution in [0.4, 0.5) is 11.4 Å². The molecule has 0 amide bonds. The first-order valence-electron chi connectivity index (χ1n) is 12.2. The number of benzene rings is 3. The second-order valence-corrected chi connectivity index (χ2v) is 9.30. The number of furan rings is 1. The highest BCUT2D eigenvalue weighted by molar-refractivity contribution is 7.80. The molecule has 192 valence electrons. The molecule has 3 heterocycles. The Labute approximate surface area is 229 Å². The van der Waals surface area contributed by atoms with Crippen molar-refractivity contribution in [2.45, 2.75) is 12.1 Å². The quantitative estimate of drug-likeness (QED) is 0.133. The maximum Gasteiger partial charge on any atom is 0.270 e. The third-order valence-corrected chi connectivity index (χ3v) is 6.77. The third kappa shape index (κ3) is 4.95. The van der Waals surface area contributed by atoms with Gasteiger partial charge in [-0.1, -0.05) is 36.4 Å². The summed E-state index contributed by atoms with van der Waals surface area (Å²) in [5.74, 6) is 2.62. The molecule has 2 aromatic heterocycles. The molecular formula is C30H22N4O4S. The minimum Gasteiger partial charge on any atom is -0.459 e. The van der Waals surface area contributed by atoms with Crippen molar-refractivity contribution in [3.8, 4) is 22.8 Å². The fraction of sp³-hybridized carbons (Fsp3) is 0.0667. The molecule has 1 aliphatic heterocycles. The molecule has 8 nitrogen and oxygen atoms in total. The molecule has 0 spiro atoms. The maximum absolute atomic E-state index is 11.3. The van der Waals surface area contributed by atoms with E-state index in [0.29, 0.717) is 27.9 Å². The van der Waals surface area contributed by atoms with Crippen LogP contribution in [0.2, 0.25) is 0 Å². The smallest absolute Gasteiger partial charge is 0.270 e. The fourth-order valence-corrected chi connectivity index (χ4v) is 5.01. The number of non-ortho nitro benzene ring substituents is 1. The lowest BCUT2D eigenvalue weighted by Gasteiger charge is -2.26. The average molecular weight is 535 g/mol. The average Bonchev–Trinajstić information content (AvgIpc) is 3.59. The fourth-order valence-electron chi connectivity index (χ4n) is 4.66. The van der Waals surface area contributed by atoms with Crippen molar-refractivity contribution in [3.63, 3.8) is 0 Å². The standard InChI is InChI=1S/C30H22N4O4S/c35-34(36)22-8-6-7-20(19-22)26-16-17-27(38-26)29-28(25-11-4-5-18-31-25)32-30(39)33(29)21-12-14-24(15-13-21)37-23-9-2-1-3-10-23/h1-19,28-29H,(H,32,39)/t28-,29+/m1/s1. The van der Waals surface area contributed by atoms with Gasteiger partial charge >= 0.3 is 0 Å². The van der Waals surface area contributed by atoms with E-state index in [-0.39, 0.29) is 17.8 Å². The minimum atomic E-state index is -0.420. The van der Waals surface area contributed by atoms with Crippen molar-refractivity contribution < 1.29 is 14.1 Å². The Morgan fingerprint density at radius 1 is 0.897 bits per heavy atom. The molecular weight excluding hydrogens is 512 g/mol. The lowest BCUT2D eigenvalue weighted by Crippen LogP contribution is -2.29. The Morgan fingerprint density at radius 3 is 2.41 bits per heavy atom. The van der Waals surface area contributed by atoms with Gasteiger partial charge in [-0.2, -0.15) is 0 Å². The van der Waals surface area contributed by atoms with Crippen LogP contribution >= 0.6 is 12.2 Å². The minimum absolute atomic E-state index is 0.0000362. The molecule has 39 heavy (non-hydrogen) atoms. The molecule has 1 saturated heterocycles. The Hall–Kier alpha value is -5.02. The van der Waals surface area contributed by atoms with Gasteiger partial charge in [-0.25, -0.2) is 0 Å². The summed E-state index contributed by atoms with van der Waals surface area (Å²) in [6.45, 7) is 0. The Kier molecular flexibility index (Phi) is 6.48. The molecule has 2 atom stereocenters. The largest absolute Gasteiger partial charge is 0.459 e. The van der Waals surface area contributed by atoms with E-state index >= 15 is 0 Å². The molecule has 0 saturated carbocycles. The number of nitro benzene ring substituents is 1. The van der Waals surface area contributed by atoms with E-state index in [9.17, 15) is 10.1 Å². The van der Waals surface area contributed by atoms with Crippen molar-refractivity contribution in [2.75, 3.05) is 4.90 Å². The first kappa shape index (κ1) is 24.3. The normalized spacial score (nSPS) is 16.6. The molecule has 0 radical (unpaired) electrons. The monoisotopic (exact) mass is 534 g/mol. The van der Waals surface area contributed by atoms with Gasteiger partial charge in [0.05, 0.1) is 16.7 Å². The second kappa shape index (κ2) is 10.4. The van der Waals surface area contributed by atoms with E-state index < -0.39 is 4.92 Å². The van der Waals surface area contributed by atoms with E-state index in [1.54, 1.807) is 18.3 Å².